The first-order valence-electron chi connectivity index (χ1n) is 8.80. The van der Waals surface area contributed by atoms with Crippen molar-refractivity contribution in [3.05, 3.63) is 59.7 Å². The number of nitrogens with one attached hydrogen (secondary N) is 1. The summed E-state index contributed by atoms with van der Waals surface area (Å²) in [6.45, 7) is 0.0449. The van der Waals surface area contributed by atoms with Crippen LogP contribution in [0.2, 0.25) is 0 Å². The van der Waals surface area contributed by atoms with Gasteiger partial charge in [0.2, 0.25) is 10.0 Å². The van der Waals surface area contributed by atoms with Crippen molar-refractivity contribution in [3.8, 4) is 0 Å². The Hall–Kier alpha value is -2.85. The number of sulfonamides is 1. The lowest BCUT2D eigenvalue weighted by molar-refractivity contribution is -0.119. The summed E-state index contributed by atoms with van der Waals surface area (Å²) in [6, 6.07) is 8.37. The molecule has 0 atom stereocenters. The number of esters is 1. The lowest BCUT2D eigenvalue weighted by atomic mass is 10.2. The third-order valence-corrected chi connectivity index (χ3v) is 6.23. The molecule has 0 unspecified atom stereocenters. The van der Waals surface area contributed by atoms with Gasteiger partial charge >= 0.3 is 5.97 Å². The minimum atomic E-state index is -3.71. The number of amides is 1. The molecule has 1 heterocycles. The Morgan fingerprint density at radius 3 is 2.31 bits per heavy atom. The number of halogens is 2. The Bertz CT molecular complexity index is 1020. The van der Waals surface area contributed by atoms with Crippen LogP contribution in [-0.2, 0) is 19.6 Å². The number of carbonyl (C=O) groups is 2. The number of hydrogen-bond donors (Lipinski definition) is 1. The van der Waals surface area contributed by atoms with Gasteiger partial charge in [-0.3, -0.25) is 4.79 Å². The highest BCUT2D eigenvalue weighted by atomic mass is 32.2. The van der Waals surface area contributed by atoms with Gasteiger partial charge in [-0.2, -0.15) is 4.31 Å². The van der Waals surface area contributed by atoms with Crippen LogP contribution in [0.4, 0.5) is 14.5 Å². The molecular formula is C19H18F2N2O5S. The van der Waals surface area contributed by atoms with E-state index >= 15 is 0 Å². The number of ether oxygens (including phenoxy) is 1. The summed E-state index contributed by atoms with van der Waals surface area (Å²) in [4.78, 5) is 24.0. The maximum Gasteiger partial charge on any atom is 0.338 e. The normalized spacial score (nSPS) is 14.6. The lowest BCUT2D eigenvalue weighted by Gasteiger charge is -2.15. The van der Waals surface area contributed by atoms with Crippen LogP contribution in [0, 0.1) is 11.6 Å². The molecule has 0 radical (unpaired) electrons. The van der Waals surface area contributed by atoms with E-state index in [1.165, 1.54) is 28.6 Å². The second-order valence-corrected chi connectivity index (χ2v) is 8.30. The molecule has 0 bridgehead atoms. The maximum absolute atomic E-state index is 13.5. The highest BCUT2D eigenvalue weighted by Gasteiger charge is 2.27. The maximum atomic E-state index is 13.5. The average molecular weight is 424 g/mol. The summed E-state index contributed by atoms with van der Waals surface area (Å²) in [7, 11) is -3.71. The molecule has 1 saturated heterocycles. The zero-order valence-electron chi connectivity index (χ0n) is 15.2. The predicted molar refractivity (Wildman–Crippen MR) is 99.7 cm³/mol. The van der Waals surface area contributed by atoms with Gasteiger partial charge < -0.3 is 10.1 Å². The van der Waals surface area contributed by atoms with Gasteiger partial charge in [-0.15, -0.1) is 0 Å². The third kappa shape index (κ3) is 4.77. The molecule has 1 aliphatic heterocycles. The first kappa shape index (κ1) is 20.9. The molecule has 0 aromatic heterocycles. The fraction of sp³-hybridized carbons (Fsp3) is 0.263. The fourth-order valence-corrected chi connectivity index (χ4v) is 4.43. The third-order valence-electron chi connectivity index (χ3n) is 4.33. The summed E-state index contributed by atoms with van der Waals surface area (Å²) in [6.07, 6.45) is 1.55. The number of para-hydroxylation sites is 1. The summed E-state index contributed by atoms with van der Waals surface area (Å²) < 4.78 is 58.4. The molecule has 7 nitrogen and oxygen atoms in total. The predicted octanol–water partition coefficient (Wildman–Crippen LogP) is 2.54. The van der Waals surface area contributed by atoms with Gasteiger partial charge in [0.15, 0.2) is 6.61 Å². The molecule has 0 spiro atoms. The van der Waals surface area contributed by atoms with Crippen molar-refractivity contribution in [2.75, 3.05) is 25.0 Å². The van der Waals surface area contributed by atoms with Crippen molar-refractivity contribution in [2.45, 2.75) is 17.7 Å². The van der Waals surface area contributed by atoms with Crippen LogP contribution < -0.4 is 5.32 Å². The SMILES string of the molecule is O=C(COC(=O)c1cccc(S(=O)(=O)N2CCCC2)c1)Nc1c(F)cccc1F. The van der Waals surface area contributed by atoms with Gasteiger partial charge in [0.25, 0.3) is 5.91 Å². The first-order chi connectivity index (χ1) is 13.8. The molecular weight excluding hydrogens is 406 g/mol. The Morgan fingerprint density at radius 2 is 1.66 bits per heavy atom. The van der Waals surface area contributed by atoms with Crippen molar-refractivity contribution in [2.24, 2.45) is 0 Å². The minimum Gasteiger partial charge on any atom is -0.452 e. The van der Waals surface area contributed by atoms with E-state index in [2.05, 4.69) is 0 Å². The Morgan fingerprint density at radius 1 is 1.03 bits per heavy atom. The smallest absolute Gasteiger partial charge is 0.338 e. The van der Waals surface area contributed by atoms with Crippen LogP contribution >= 0.6 is 0 Å². The van der Waals surface area contributed by atoms with Crippen LogP contribution in [0.1, 0.15) is 23.2 Å². The van der Waals surface area contributed by atoms with Gasteiger partial charge in [-0.1, -0.05) is 12.1 Å². The van der Waals surface area contributed by atoms with Gasteiger partial charge in [-0.25, -0.2) is 22.0 Å². The molecule has 0 aliphatic carbocycles. The van der Waals surface area contributed by atoms with E-state index in [4.69, 9.17) is 4.74 Å². The summed E-state index contributed by atoms with van der Waals surface area (Å²) in [5.41, 5.74) is -0.706. The Kier molecular flexibility index (Phi) is 6.23. The minimum absolute atomic E-state index is 0.0493. The van der Waals surface area contributed by atoms with Gasteiger partial charge in [0.1, 0.15) is 17.3 Å². The van der Waals surface area contributed by atoms with Crippen LogP contribution in [0.25, 0.3) is 0 Å². The molecule has 10 heteroatoms. The van der Waals surface area contributed by atoms with Crippen molar-refractivity contribution in [1.82, 2.24) is 4.31 Å². The molecule has 1 fully saturated rings. The van der Waals surface area contributed by atoms with Crippen LogP contribution in [-0.4, -0.2) is 44.3 Å². The molecule has 3 rings (SSSR count). The van der Waals surface area contributed by atoms with Crippen LogP contribution in [0.5, 0.6) is 0 Å². The molecule has 2 aromatic carbocycles. The largest absolute Gasteiger partial charge is 0.452 e. The number of rotatable bonds is 6. The van der Waals surface area contributed by atoms with E-state index in [-0.39, 0.29) is 10.5 Å². The molecule has 29 heavy (non-hydrogen) atoms. The van der Waals surface area contributed by atoms with Crippen LogP contribution in [0.3, 0.4) is 0 Å². The number of carbonyl (C=O) groups excluding carboxylic acids is 2. The highest BCUT2D eigenvalue weighted by Crippen LogP contribution is 2.22. The quantitative estimate of drug-likeness (QED) is 0.720. The zero-order valence-corrected chi connectivity index (χ0v) is 16.0. The van der Waals surface area contributed by atoms with Crippen LogP contribution in [0.15, 0.2) is 47.4 Å². The molecule has 2 aromatic rings. The van der Waals surface area contributed by atoms with Gasteiger partial charge in [0, 0.05) is 13.1 Å². The number of hydrogen-bond acceptors (Lipinski definition) is 5. The molecule has 1 amide bonds. The van der Waals surface area contributed by atoms with Crippen molar-refractivity contribution < 1.29 is 31.5 Å². The van der Waals surface area contributed by atoms with E-state index in [9.17, 15) is 26.8 Å². The second kappa shape index (κ2) is 8.66. The first-order valence-corrected chi connectivity index (χ1v) is 10.2. The topological polar surface area (TPSA) is 92.8 Å². The Labute approximate surface area is 166 Å². The van der Waals surface area contributed by atoms with E-state index in [1.807, 2.05) is 5.32 Å². The molecule has 154 valence electrons. The summed E-state index contributed by atoms with van der Waals surface area (Å²) >= 11 is 0. The monoisotopic (exact) mass is 424 g/mol. The summed E-state index contributed by atoms with van der Waals surface area (Å²) in [5.74, 6) is -3.81. The van der Waals surface area contributed by atoms with E-state index in [0.717, 1.165) is 31.0 Å². The molecule has 1 aliphatic rings. The second-order valence-electron chi connectivity index (χ2n) is 6.36. The average Bonchev–Trinajstić information content (AvgIpc) is 3.25. The van der Waals surface area contributed by atoms with E-state index in [0.29, 0.717) is 13.1 Å². The summed E-state index contributed by atoms with van der Waals surface area (Å²) in [5, 5.41) is 1.99. The van der Waals surface area contributed by atoms with E-state index < -0.39 is 45.8 Å². The molecule has 1 N–H and O–H groups in total. The van der Waals surface area contributed by atoms with Crippen molar-refractivity contribution >= 4 is 27.6 Å². The number of benzene rings is 2. The fourth-order valence-electron chi connectivity index (χ4n) is 2.87. The number of anilines is 1. The van der Waals surface area contributed by atoms with Gasteiger partial charge in [0.05, 0.1) is 10.5 Å². The zero-order chi connectivity index (χ0) is 21.0. The van der Waals surface area contributed by atoms with Gasteiger partial charge in [-0.05, 0) is 43.2 Å². The lowest BCUT2D eigenvalue weighted by Crippen LogP contribution is -2.28. The van der Waals surface area contributed by atoms with E-state index in [1.54, 1.807) is 0 Å². The standard InChI is InChI=1S/C19H18F2N2O5S/c20-15-7-4-8-16(21)18(15)22-17(24)12-28-19(25)13-5-3-6-14(11-13)29(26,27)23-9-1-2-10-23/h3-8,11H,1-2,9-10,12H2,(H,22,24). The Balaban J connectivity index is 1.64. The highest BCUT2D eigenvalue weighted by molar-refractivity contribution is 7.89. The van der Waals surface area contributed by atoms with Crippen molar-refractivity contribution in [3.63, 3.8) is 0 Å². The van der Waals surface area contributed by atoms with Crippen molar-refractivity contribution in [1.29, 1.82) is 0 Å². The molecule has 0 saturated carbocycles. The number of nitrogens with zero attached hydrogens (tertiary/aromatic N) is 1.